The number of hydrogen-bond donors (Lipinski definition) is 3. The van der Waals surface area contributed by atoms with Crippen LogP contribution in [-0.4, -0.2) is 17.5 Å². The number of nitrogens with two attached hydrogens (primary N) is 1. The van der Waals surface area contributed by atoms with E-state index in [0.717, 1.165) is 5.56 Å². The molecular weight excluding hydrogens is 330 g/mol. The van der Waals surface area contributed by atoms with Gasteiger partial charge in [-0.15, -0.1) is 0 Å². The van der Waals surface area contributed by atoms with Crippen LogP contribution in [-0.2, 0) is 4.79 Å². The van der Waals surface area contributed by atoms with Crippen molar-refractivity contribution in [2.75, 3.05) is 0 Å². The molecule has 0 saturated heterocycles. The fraction of sp³-hybridized carbons (Fsp3) is 0.300. The van der Waals surface area contributed by atoms with E-state index in [0.29, 0.717) is 11.5 Å². The van der Waals surface area contributed by atoms with Gasteiger partial charge in [-0.25, -0.2) is 4.79 Å². The Labute approximate surface area is 153 Å². The molecule has 3 amide bonds. The first kappa shape index (κ1) is 19.3. The summed E-state index contributed by atoms with van der Waals surface area (Å²) in [7, 11) is 0. The largest absolute Gasteiger partial charge is 0.457 e. The normalized spacial score (nSPS) is 12.1. The smallest absolute Gasteiger partial charge is 0.312 e. The van der Waals surface area contributed by atoms with Crippen LogP contribution in [0.25, 0.3) is 0 Å². The lowest BCUT2D eigenvalue weighted by atomic mass is 10.0. The molecule has 1 atom stereocenters. The van der Waals surface area contributed by atoms with Gasteiger partial charge in [-0.3, -0.25) is 4.79 Å². The lowest BCUT2D eigenvalue weighted by Crippen LogP contribution is -2.43. The molecule has 0 fully saturated rings. The number of primary amides is 1. The van der Waals surface area contributed by atoms with Gasteiger partial charge in [-0.05, 0) is 50.6 Å². The molecule has 0 radical (unpaired) electrons. The van der Waals surface area contributed by atoms with Crippen molar-refractivity contribution in [3.8, 4) is 11.5 Å². The van der Waals surface area contributed by atoms with Crippen molar-refractivity contribution in [3.63, 3.8) is 0 Å². The van der Waals surface area contributed by atoms with Crippen molar-refractivity contribution in [1.29, 1.82) is 0 Å². The van der Waals surface area contributed by atoms with E-state index in [1.807, 2.05) is 69.3 Å². The Morgan fingerprint density at radius 2 is 1.69 bits per heavy atom. The van der Waals surface area contributed by atoms with Crippen LogP contribution in [0.3, 0.4) is 0 Å². The second-order valence-corrected chi connectivity index (χ2v) is 7.05. The minimum absolute atomic E-state index is 0.0784. The van der Waals surface area contributed by atoms with Crippen molar-refractivity contribution >= 4 is 11.9 Å². The highest BCUT2D eigenvalue weighted by molar-refractivity contribution is 5.79. The summed E-state index contributed by atoms with van der Waals surface area (Å²) in [5, 5.41) is 5.51. The Hall–Kier alpha value is -3.02. The number of benzene rings is 2. The summed E-state index contributed by atoms with van der Waals surface area (Å²) in [6.07, 6.45) is 0.0784. The third-order valence-electron chi connectivity index (χ3n) is 3.46. The van der Waals surface area contributed by atoms with Gasteiger partial charge in [0.05, 0.1) is 12.5 Å². The fourth-order valence-corrected chi connectivity index (χ4v) is 2.50. The summed E-state index contributed by atoms with van der Waals surface area (Å²) < 4.78 is 5.82. The van der Waals surface area contributed by atoms with Gasteiger partial charge < -0.3 is 21.1 Å². The number of ether oxygens (including phenoxy) is 1. The summed E-state index contributed by atoms with van der Waals surface area (Å²) in [4.78, 5) is 23.6. The maximum Gasteiger partial charge on any atom is 0.312 e. The van der Waals surface area contributed by atoms with Gasteiger partial charge >= 0.3 is 6.03 Å². The quantitative estimate of drug-likeness (QED) is 0.740. The molecule has 2 aromatic carbocycles. The van der Waals surface area contributed by atoms with E-state index in [-0.39, 0.29) is 17.9 Å². The molecule has 0 saturated carbocycles. The number of hydrogen-bond acceptors (Lipinski definition) is 3. The lowest BCUT2D eigenvalue weighted by Gasteiger charge is -2.23. The molecule has 0 aliphatic rings. The summed E-state index contributed by atoms with van der Waals surface area (Å²) >= 11 is 0. The monoisotopic (exact) mass is 355 g/mol. The van der Waals surface area contributed by atoms with Gasteiger partial charge in [-0.2, -0.15) is 0 Å². The molecule has 26 heavy (non-hydrogen) atoms. The number of urea groups is 1. The van der Waals surface area contributed by atoms with Crippen molar-refractivity contribution in [1.82, 2.24) is 10.6 Å². The maximum atomic E-state index is 12.3. The molecule has 2 aromatic rings. The van der Waals surface area contributed by atoms with Gasteiger partial charge in [-0.1, -0.05) is 30.3 Å². The van der Waals surface area contributed by atoms with Crippen molar-refractivity contribution < 1.29 is 14.3 Å². The molecule has 2 rings (SSSR count). The van der Waals surface area contributed by atoms with E-state index >= 15 is 0 Å². The molecule has 0 aromatic heterocycles. The molecule has 6 heteroatoms. The van der Waals surface area contributed by atoms with E-state index in [9.17, 15) is 9.59 Å². The zero-order valence-electron chi connectivity index (χ0n) is 15.3. The van der Waals surface area contributed by atoms with E-state index in [1.54, 1.807) is 6.07 Å². The zero-order chi connectivity index (χ0) is 19.2. The molecule has 6 nitrogen and oxygen atoms in total. The molecule has 0 heterocycles. The third-order valence-corrected chi connectivity index (χ3v) is 3.46. The second-order valence-electron chi connectivity index (χ2n) is 7.05. The van der Waals surface area contributed by atoms with Crippen LogP contribution >= 0.6 is 0 Å². The Kier molecular flexibility index (Phi) is 6.22. The minimum Gasteiger partial charge on any atom is -0.457 e. The van der Waals surface area contributed by atoms with Crippen LogP contribution in [0.5, 0.6) is 11.5 Å². The number of amides is 3. The molecule has 4 N–H and O–H groups in total. The van der Waals surface area contributed by atoms with Crippen LogP contribution in [0.15, 0.2) is 54.6 Å². The average molecular weight is 355 g/mol. The summed E-state index contributed by atoms with van der Waals surface area (Å²) in [6.45, 7) is 5.70. The fourth-order valence-electron chi connectivity index (χ4n) is 2.50. The first-order chi connectivity index (χ1) is 12.2. The SMILES string of the molecule is CC(C)(C)NC(=O)CC(NC(N)=O)c1cccc(Oc2ccccc2)c1. The van der Waals surface area contributed by atoms with Gasteiger partial charge in [0.15, 0.2) is 0 Å². The van der Waals surface area contributed by atoms with Crippen LogP contribution in [0.4, 0.5) is 4.79 Å². The number of rotatable bonds is 6. The molecule has 138 valence electrons. The van der Waals surface area contributed by atoms with E-state index in [4.69, 9.17) is 10.5 Å². The van der Waals surface area contributed by atoms with E-state index < -0.39 is 12.1 Å². The Balaban J connectivity index is 2.18. The minimum atomic E-state index is -0.687. The Bertz CT molecular complexity index is 754. The van der Waals surface area contributed by atoms with Crippen molar-refractivity contribution in [2.24, 2.45) is 5.73 Å². The number of carbonyl (C=O) groups excluding carboxylic acids is 2. The molecular formula is C20H25N3O3. The molecule has 0 aliphatic heterocycles. The number of carbonyl (C=O) groups is 2. The van der Waals surface area contributed by atoms with Crippen molar-refractivity contribution in [3.05, 3.63) is 60.2 Å². The summed E-state index contributed by atoms with van der Waals surface area (Å²) in [6, 6.07) is 15.4. The number of nitrogens with one attached hydrogen (secondary N) is 2. The predicted octanol–water partition coefficient (Wildman–Crippen LogP) is 3.49. The van der Waals surface area contributed by atoms with E-state index in [1.165, 1.54) is 0 Å². The van der Waals surface area contributed by atoms with Crippen LogP contribution in [0, 0.1) is 0 Å². The topological polar surface area (TPSA) is 93.5 Å². The maximum absolute atomic E-state index is 12.3. The van der Waals surface area contributed by atoms with Gasteiger partial charge in [0.2, 0.25) is 5.91 Å². The van der Waals surface area contributed by atoms with Gasteiger partial charge in [0.1, 0.15) is 11.5 Å². The second kappa shape index (κ2) is 8.38. The molecule has 1 unspecified atom stereocenters. The lowest BCUT2D eigenvalue weighted by molar-refractivity contribution is -0.122. The summed E-state index contributed by atoms with van der Waals surface area (Å²) in [5.41, 5.74) is 5.67. The van der Waals surface area contributed by atoms with E-state index in [2.05, 4.69) is 10.6 Å². The zero-order valence-corrected chi connectivity index (χ0v) is 15.3. The molecule has 0 bridgehead atoms. The average Bonchev–Trinajstić information content (AvgIpc) is 2.53. The predicted molar refractivity (Wildman–Crippen MR) is 101 cm³/mol. The highest BCUT2D eigenvalue weighted by atomic mass is 16.5. The van der Waals surface area contributed by atoms with Crippen LogP contribution in [0.1, 0.15) is 38.8 Å². The Morgan fingerprint density at radius 3 is 2.31 bits per heavy atom. The van der Waals surface area contributed by atoms with Gasteiger partial charge in [0.25, 0.3) is 0 Å². The first-order valence-electron chi connectivity index (χ1n) is 8.43. The highest BCUT2D eigenvalue weighted by Gasteiger charge is 2.21. The standard InChI is InChI=1S/C20H25N3O3/c1-20(2,3)23-18(24)13-17(22-19(21)25)14-8-7-11-16(12-14)26-15-9-5-4-6-10-15/h4-12,17H,13H2,1-3H3,(H,23,24)(H3,21,22,25). The molecule has 0 aliphatic carbocycles. The van der Waals surface area contributed by atoms with Crippen LogP contribution in [0.2, 0.25) is 0 Å². The summed E-state index contributed by atoms with van der Waals surface area (Å²) in [5.74, 6) is 1.14. The highest BCUT2D eigenvalue weighted by Crippen LogP contribution is 2.26. The third kappa shape index (κ3) is 6.47. The number of para-hydroxylation sites is 1. The first-order valence-corrected chi connectivity index (χ1v) is 8.43. The molecule has 0 spiro atoms. The van der Waals surface area contributed by atoms with Crippen LogP contribution < -0.4 is 21.1 Å². The van der Waals surface area contributed by atoms with Gasteiger partial charge in [0, 0.05) is 5.54 Å². The Morgan fingerprint density at radius 1 is 1.04 bits per heavy atom. The van der Waals surface area contributed by atoms with Crippen molar-refractivity contribution in [2.45, 2.75) is 38.8 Å².